The molecule has 0 aliphatic rings. The Labute approximate surface area is 439 Å². The van der Waals surface area contributed by atoms with Gasteiger partial charge in [0, 0.05) is 0 Å². The maximum atomic E-state index is 14.5. The predicted molar refractivity (Wildman–Crippen MR) is 287 cm³/mol. The van der Waals surface area contributed by atoms with E-state index in [-0.39, 0.29) is 34.6 Å². The molecule has 12 heteroatoms. The summed E-state index contributed by atoms with van der Waals surface area (Å²) >= 11 is 12.1. The zero-order valence-electron chi connectivity index (χ0n) is 42.6. The van der Waals surface area contributed by atoms with E-state index in [4.69, 9.17) is 42.1 Å². The fourth-order valence-corrected chi connectivity index (χ4v) is 7.59. The quantitative estimate of drug-likeness (QED) is 0.0270. The number of ether oxygens (including phenoxy) is 4. The van der Waals surface area contributed by atoms with Gasteiger partial charge in [-0.2, -0.15) is 0 Å². The number of unbranched alkanes of at least 4 members (excludes halogenated alkanes) is 7. The Morgan fingerprint density at radius 3 is 0.986 bits per heavy atom. The van der Waals surface area contributed by atoms with Crippen LogP contribution < -0.4 is 18.9 Å². The van der Waals surface area contributed by atoms with Gasteiger partial charge in [0.05, 0.1) is 11.1 Å². The molecule has 386 valence electrons. The summed E-state index contributed by atoms with van der Waals surface area (Å²) in [5, 5.41) is -1.41. The standard InChI is InChI=1S/C31H34ClFO4.C30H32ClFO4/c1-4-5-6-7-8-9-24-10-11-25(20-28(24)33)30(34)36-26-16-12-22(13-17-26)23-14-18-27(19-15-23)37-31(35)29(32)21(2)3;1-4-5-6-7-8-23-9-10-24(19-27(23)32)29(33)35-25-15-11-21(12-16-25)22-13-17-26(18-14-22)36-30(34)28(31)20(2)3/h10-21,29H,4-9H2,1-3H3;9-20,28H,4-8H2,1-3H3. The van der Waals surface area contributed by atoms with Gasteiger partial charge < -0.3 is 18.9 Å². The number of carbonyl (C=O) groups is 4. The highest BCUT2D eigenvalue weighted by Gasteiger charge is 2.23. The zero-order chi connectivity index (χ0) is 52.9. The van der Waals surface area contributed by atoms with Gasteiger partial charge in [-0.25, -0.2) is 18.4 Å². The number of carbonyl (C=O) groups excluding carboxylic acids is 4. The average Bonchev–Trinajstić information content (AvgIpc) is 3.38. The van der Waals surface area contributed by atoms with E-state index >= 15 is 0 Å². The van der Waals surface area contributed by atoms with Crippen LogP contribution in [-0.2, 0) is 22.4 Å². The number of halogens is 4. The smallest absolute Gasteiger partial charge is 0.343 e. The second kappa shape index (κ2) is 29.4. The van der Waals surface area contributed by atoms with Gasteiger partial charge in [0.2, 0.25) is 0 Å². The molecule has 6 aromatic rings. The van der Waals surface area contributed by atoms with Crippen LogP contribution >= 0.6 is 23.2 Å². The average molecular weight is 1040 g/mol. The minimum absolute atomic E-state index is 0.0234. The highest BCUT2D eigenvalue weighted by Crippen LogP contribution is 2.28. The first kappa shape index (κ1) is 57.5. The highest BCUT2D eigenvalue weighted by atomic mass is 35.5. The van der Waals surface area contributed by atoms with Crippen LogP contribution in [-0.4, -0.2) is 34.6 Å². The van der Waals surface area contributed by atoms with Gasteiger partial charge in [-0.15, -0.1) is 23.2 Å². The van der Waals surface area contributed by atoms with Crippen molar-refractivity contribution in [1.82, 2.24) is 0 Å². The minimum atomic E-state index is -0.704. The van der Waals surface area contributed by atoms with Crippen LogP contribution in [0.15, 0.2) is 133 Å². The summed E-state index contributed by atoms with van der Waals surface area (Å²) in [4.78, 5) is 49.1. The largest absolute Gasteiger partial charge is 0.425 e. The summed E-state index contributed by atoms with van der Waals surface area (Å²) in [6, 6.07) is 37.2. The van der Waals surface area contributed by atoms with Crippen molar-refractivity contribution in [1.29, 1.82) is 0 Å². The number of rotatable bonds is 23. The van der Waals surface area contributed by atoms with Crippen molar-refractivity contribution < 1.29 is 46.9 Å². The number of alkyl halides is 2. The monoisotopic (exact) mass is 1030 g/mol. The molecule has 6 rings (SSSR count). The molecule has 0 aliphatic carbocycles. The van der Waals surface area contributed by atoms with Gasteiger partial charge in [0.15, 0.2) is 0 Å². The van der Waals surface area contributed by atoms with Gasteiger partial charge in [-0.3, -0.25) is 9.59 Å². The third-order valence-electron chi connectivity index (χ3n) is 12.0. The van der Waals surface area contributed by atoms with Crippen molar-refractivity contribution in [3.05, 3.63) is 167 Å². The van der Waals surface area contributed by atoms with E-state index in [2.05, 4.69) is 13.8 Å². The maximum absolute atomic E-state index is 14.5. The van der Waals surface area contributed by atoms with E-state index in [1.807, 2.05) is 76.2 Å². The zero-order valence-corrected chi connectivity index (χ0v) is 44.1. The Hall–Kier alpha value is -6.36. The fourth-order valence-electron chi connectivity index (χ4n) is 7.50. The number of benzene rings is 6. The maximum Gasteiger partial charge on any atom is 0.343 e. The van der Waals surface area contributed by atoms with Crippen molar-refractivity contribution in [2.24, 2.45) is 11.8 Å². The van der Waals surface area contributed by atoms with E-state index in [9.17, 15) is 28.0 Å². The lowest BCUT2D eigenvalue weighted by atomic mass is 10.0. The molecule has 8 nitrogen and oxygen atoms in total. The predicted octanol–water partition coefficient (Wildman–Crippen LogP) is 16.4. The molecule has 0 spiro atoms. The SMILES string of the molecule is CCCCCCCc1ccc(C(=O)Oc2ccc(-c3ccc(OC(=O)C(Cl)C(C)C)cc3)cc2)cc1F.CCCCCCc1ccc(C(=O)Oc2ccc(-c3ccc(OC(=O)C(Cl)C(C)C)cc3)cc2)cc1F. The summed E-state index contributed by atoms with van der Waals surface area (Å²) in [5.74, 6) is -1.41. The summed E-state index contributed by atoms with van der Waals surface area (Å²) in [6.07, 6.45) is 11.2. The first-order valence-electron chi connectivity index (χ1n) is 25.2. The lowest BCUT2D eigenvalue weighted by Crippen LogP contribution is -2.25. The van der Waals surface area contributed by atoms with Crippen LogP contribution in [0.1, 0.15) is 131 Å². The number of esters is 4. The normalized spacial score (nSPS) is 11.8. The molecule has 73 heavy (non-hydrogen) atoms. The Morgan fingerprint density at radius 2 is 0.699 bits per heavy atom. The first-order chi connectivity index (χ1) is 35.1. The van der Waals surface area contributed by atoms with Gasteiger partial charge >= 0.3 is 23.9 Å². The lowest BCUT2D eigenvalue weighted by molar-refractivity contribution is -0.135. The van der Waals surface area contributed by atoms with Crippen LogP contribution in [0.4, 0.5) is 8.78 Å². The molecular weight excluding hydrogens is 970 g/mol. The van der Waals surface area contributed by atoms with Crippen molar-refractivity contribution in [3.8, 4) is 45.3 Å². The van der Waals surface area contributed by atoms with Crippen molar-refractivity contribution in [2.45, 2.75) is 123 Å². The molecule has 0 amide bonds. The second-order valence-electron chi connectivity index (χ2n) is 18.6. The van der Waals surface area contributed by atoms with Gasteiger partial charge in [0.25, 0.3) is 0 Å². The van der Waals surface area contributed by atoms with Crippen LogP contribution in [0.2, 0.25) is 0 Å². The molecule has 0 radical (unpaired) electrons. The number of hydrogen-bond acceptors (Lipinski definition) is 8. The van der Waals surface area contributed by atoms with E-state index < -0.39 is 34.6 Å². The molecule has 0 N–H and O–H groups in total. The topological polar surface area (TPSA) is 105 Å². The summed E-state index contributed by atoms with van der Waals surface area (Å²) in [5.41, 5.74) is 5.18. The van der Waals surface area contributed by atoms with E-state index in [1.165, 1.54) is 25.0 Å². The van der Waals surface area contributed by atoms with Crippen LogP contribution in [0.25, 0.3) is 22.3 Å². The number of aryl methyl sites for hydroxylation is 2. The van der Waals surface area contributed by atoms with Gasteiger partial charge in [-0.05, 0) is 144 Å². The molecule has 0 heterocycles. The van der Waals surface area contributed by atoms with Crippen molar-refractivity contribution >= 4 is 47.1 Å². The molecule has 0 fully saturated rings. The van der Waals surface area contributed by atoms with E-state index in [0.717, 1.165) is 67.2 Å². The Morgan fingerprint density at radius 1 is 0.411 bits per heavy atom. The fraction of sp³-hybridized carbons (Fsp3) is 0.344. The van der Waals surface area contributed by atoms with Crippen molar-refractivity contribution in [3.63, 3.8) is 0 Å². The molecule has 0 aliphatic heterocycles. The Kier molecular flexibility index (Phi) is 23.1. The van der Waals surface area contributed by atoms with Crippen LogP contribution in [0.5, 0.6) is 23.0 Å². The second-order valence-corrected chi connectivity index (χ2v) is 19.5. The Balaban J connectivity index is 0.000000271. The van der Waals surface area contributed by atoms with Gasteiger partial charge in [0.1, 0.15) is 45.4 Å². The molecule has 0 saturated carbocycles. The minimum Gasteiger partial charge on any atom is -0.425 e. The third kappa shape index (κ3) is 18.3. The highest BCUT2D eigenvalue weighted by molar-refractivity contribution is 6.30. The van der Waals surface area contributed by atoms with Crippen molar-refractivity contribution in [2.75, 3.05) is 0 Å². The van der Waals surface area contributed by atoms with Crippen LogP contribution in [0.3, 0.4) is 0 Å². The molecule has 6 aromatic carbocycles. The summed E-state index contributed by atoms with van der Waals surface area (Å²) < 4.78 is 50.4. The molecular formula is C61H66Cl2F2O8. The molecule has 0 bridgehead atoms. The molecule has 0 saturated heterocycles. The summed E-state index contributed by atoms with van der Waals surface area (Å²) in [7, 11) is 0. The van der Waals surface area contributed by atoms with E-state index in [0.29, 0.717) is 47.0 Å². The van der Waals surface area contributed by atoms with Crippen LogP contribution in [0, 0.1) is 23.5 Å². The van der Waals surface area contributed by atoms with Gasteiger partial charge in [-0.1, -0.05) is 147 Å². The number of hydrogen-bond donors (Lipinski definition) is 0. The molecule has 2 unspecified atom stereocenters. The molecule has 2 atom stereocenters. The lowest BCUT2D eigenvalue weighted by Gasteiger charge is -2.12. The Bertz CT molecular complexity index is 2700. The first-order valence-corrected chi connectivity index (χ1v) is 26.1. The molecule has 0 aromatic heterocycles. The van der Waals surface area contributed by atoms with E-state index in [1.54, 1.807) is 72.8 Å². The third-order valence-corrected chi connectivity index (χ3v) is 13.4. The summed E-state index contributed by atoms with van der Waals surface area (Å²) in [6.45, 7) is 11.7.